The van der Waals surface area contributed by atoms with Crippen LogP contribution < -0.4 is 26.0 Å². The van der Waals surface area contributed by atoms with E-state index in [-0.39, 0.29) is 12.1 Å². The zero-order chi connectivity index (χ0) is 45.1. The lowest BCUT2D eigenvalue weighted by molar-refractivity contribution is 0.487. The Balaban J connectivity index is 0.981. The van der Waals surface area contributed by atoms with Gasteiger partial charge in [-0.2, -0.15) is 0 Å². The number of benzene rings is 12. The second-order valence-electron chi connectivity index (χ2n) is 19.1. The minimum Gasteiger partial charge on any atom is -0.456 e. The Bertz CT molecular complexity index is 4050. The third-order valence-corrected chi connectivity index (χ3v) is 15.1. The molecule has 0 aromatic heterocycles. The number of rotatable bonds is 6. The van der Waals surface area contributed by atoms with E-state index in [9.17, 15) is 0 Å². The Hall–Kier alpha value is -8.40. The number of anilines is 3. The van der Waals surface area contributed by atoms with Crippen molar-refractivity contribution in [2.24, 2.45) is 0 Å². The average Bonchev–Trinajstić information content (AvgIpc) is 3.63. The molecule has 0 unspecified atom stereocenters. The maximum absolute atomic E-state index is 7.14. The first-order valence-corrected chi connectivity index (χ1v) is 23.8. The summed E-state index contributed by atoms with van der Waals surface area (Å²) in [6, 6.07) is 85.2. The van der Waals surface area contributed by atoms with E-state index < -0.39 is 0 Å². The van der Waals surface area contributed by atoms with Crippen molar-refractivity contribution in [2.75, 3.05) is 4.90 Å². The summed E-state index contributed by atoms with van der Waals surface area (Å²) in [4.78, 5) is 2.45. The summed E-state index contributed by atoms with van der Waals surface area (Å²) in [5, 5.41) is 12.3. The van der Waals surface area contributed by atoms with Crippen LogP contribution in [0.3, 0.4) is 0 Å². The number of hydrogen-bond acceptors (Lipinski definition) is 2. The minimum atomic E-state index is -0.212. The Morgan fingerprint density at radius 2 is 1.03 bits per heavy atom. The SMILES string of the molecule is CC1(C)c2ccccc2-c2cccc(N(c3ccc4c(c3)Oc3cccc5c3c-4cc3c4ccccc4c(B(c4ccccc4)c4cccc6ccccc46)cc53)c3ccc4ccccc4c3)c21. The van der Waals surface area contributed by atoms with Gasteiger partial charge in [0.05, 0.1) is 5.69 Å². The van der Waals surface area contributed by atoms with E-state index in [1.165, 1.54) is 98.4 Å². The number of hydrogen-bond donors (Lipinski definition) is 0. The standard InChI is InChI=1S/C65H44BNO/c1-65(2)57-29-13-12-25-49(57)53-28-15-31-60(64(53)65)67(45-34-33-41-17-6-7-19-43(41)37-45)46-35-36-51-56-39-54-48-24-10-11-26-50(48)59(40-55(54)52-27-16-32-61(63(52)56)68-62(51)38-46)66(44-21-4-3-5-22-44)58-30-14-20-42-18-8-9-23-47(42)58/h3-40H,1-2H3. The second-order valence-corrected chi connectivity index (χ2v) is 19.1. The molecule has 0 saturated heterocycles. The van der Waals surface area contributed by atoms with Crippen molar-refractivity contribution in [3.8, 4) is 33.8 Å². The summed E-state index contributed by atoms with van der Waals surface area (Å²) in [6.07, 6.45) is 0. The van der Waals surface area contributed by atoms with Crippen molar-refractivity contribution < 1.29 is 4.74 Å². The Morgan fingerprint density at radius 3 is 1.91 bits per heavy atom. The van der Waals surface area contributed by atoms with Crippen LogP contribution in [-0.2, 0) is 5.41 Å². The highest BCUT2D eigenvalue weighted by atomic mass is 16.5. The monoisotopic (exact) mass is 865 g/mol. The summed E-state index contributed by atoms with van der Waals surface area (Å²) < 4.78 is 7.14. The maximum atomic E-state index is 7.14. The molecule has 12 aromatic carbocycles. The second kappa shape index (κ2) is 14.8. The van der Waals surface area contributed by atoms with Crippen molar-refractivity contribution in [2.45, 2.75) is 19.3 Å². The molecule has 2 aliphatic rings. The number of fused-ring (bicyclic) bond motifs is 11. The molecule has 0 saturated carbocycles. The highest BCUT2D eigenvalue weighted by molar-refractivity contribution is 6.98. The van der Waals surface area contributed by atoms with Gasteiger partial charge in [-0.25, -0.2) is 0 Å². The largest absolute Gasteiger partial charge is 0.456 e. The van der Waals surface area contributed by atoms with Gasteiger partial charge in [0.25, 0.3) is 0 Å². The molecule has 0 amide bonds. The lowest BCUT2D eigenvalue weighted by Gasteiger charge is -2.33. The van der Waals surface area contributed by atoms with Crippen LogP contribution in [-0.4, -0.2) is 6.71 Å². The quantitative estimate of drug-likeness (QED) is 0.122. The fourth-order valence-corrected chi connectivity index (χ4v) is 12.1. The first-order chi connectivity index (χ1) is 33.5. The molecule has 318 valence electrons. The van der Waals surface area contributed by atoms with Gasteiger partial charge in [0.2, 0.25) is 6.71 Å². The summed E-state index contributed by atoms with van der Waals surface area (Å²) in [7, 11) is 0. The van der Waals surface area contributed by atoms with E-state index in [2.05, 4.69) is 249 Å². The fourth-order valence-electron chi connectivity index (χ4n) is 12.1. The third kappa shape index (κ3) is 5.72. The zero-order valence-electron chi connectivity index (χ0n) is 37.9. The van der Waals surface area contributed by atoms with E-state index >= 15 is 0 Å². The van der Waals surface area contributed by atoms with Crippen LogP contribution in [0.2, 0.25) is 0 Å². The summed E-state index contributed by atoms with van der Waals surface area (Å²) in [6.45, 7) is 4.75. The van der Waals surface area contributed by atoms with E-state index in [1.54, 1.807) is 0 Å². The van der Waals surface area contributed by atoms with Crippen molar-refractivity contribution >= 4 is 94.0 Å². The minimum absolute atomic E-state index is 0.00829. The highest BCUT2D eigenvalue weighted by Gasteiger charge is 2.39. The van der Waals surface area contributed by atoms with Gasteiger partial charge in [-0.15, -0.1) is 0 Å². The average molecular weight is 866 g/mol. The lowest BCUT2D eigenvalue weighted by atomic mass is 9.35. The van der Waals surface area contributed by atoms with E-state index in [4.69, 9.17) is 4.74 Å². The van der Waals surface area contributed by atoms with Crippen LogP contribution in [0, 0.1) is 0 Å². The summed E-state index contributed by atoms with van der Waals surface area (Å²) >= 11 is 0. The molecule has 1 aliphatic carbocycles. The van der Waals surface area contributed by atoms with Crippen LogP contribution >= 0.6 is 0 Å². The number of ether oxygens (including phenoxy) is 1. The molecular formula is C65H44BNO. The lowest BCUT2D eigenvalue weighted by Crippen LogP contribution is -2.52. The van der Waals surface area contributed by atoms with Gasteiger partial charge in [-0.1, -0.05) is 212 Å². The molecule has 0 atom stereocenters. The van der Waals surface area contributed by atoms with Gasteiger partial charge in [0.15, 0.2) is 0 Å². The molecule has 0 bridgehead atoms. The van der Waals surface area contributed by atoms with Gasteiger partial charge in [0, 0.05) is 33.8 Å². The van der Waals surface area contributed by atoms with Crippen molar-refractivity contribution in [3.63, 3.8) is 0 Å². The van der Waals surface area contributed by atoms with E-state index in [1.807, 2.05) is 0 Å². The van der Waals surface area contributed by atoms with Gasteiger partial charge in [-0.05, 0) is 119 Å². The van der Waals surface area contributed by atoms with Gasteiger partial charge in [0.1, 0.15) is 11.5 Å². The van der Waals surface area contributed by atoms with Crippen LogP contribution in [0.15, 0.2) is 231 Å². The third-order valence-electron chi connectivity index (χ3n) is 15.1. The number of nitrogens with zero attached hydrogens (tertiary/aromatic N) is 1. The molecule has 0 fully saturated rings. The molecular weight excluding hydrogens is 822 g/mol. The molecule has 1 aliphatic heterocycles. The normalized spacial score (nSPS) is 13.1. The molecule has 2 nitrogen and oxygen atoms in total. The van der Waals surface area contributed by atoms with Crippen molar-refractivity contribution in [1.82, 2.24) is 0 Å². The molecule has 68 heavy (non-hydrogen) atoms. The predicted molar refractivity (Wildman–Crippen MR) is 289 cm³/mol. The molecule has 0 N–H and O–H groups in total. The van der Waals surface area contributed by atoms with Crippen LogP contribution in [0.1, 0.15) is 25.0 Å². The molecule has 0 radical (unpaired) electrons. The molecule has 3 heteroatoms. The van der Waals surface area contributed by atoms with Gasteiger partial charge >= 0.3 is 0 Å². The first kappa shape index (κ1) is 38.8. The highest BCUT2D eigenvalue weighted by Crippen LogP contribution is 2.56. The van der Waals surface area contributed by atoms with Crippen LogP contribution in [0.5, 0.6) is 11.5 Å². The van der Waals surface area contributed by atoms with Gasteiger partial charge < -0.3 is 9.64 Å². The topological polar surface area (TPSA) is 12.5 Å². The van der Waals surface area contributed by atoms with Gasteiger partial charge in [-0.3, -0.25) is 0 Å². The Labute approximate surface area is 396 Å². The maximum Gasteiger partial charge on any atom is 0.242 e. The van der Waals surface area contributed by atoms with Crippen molar-refractivity contribution in [3.05, 3.63) is 242 Å². The predicted octanol–water partition coefficient (Wildman–Crippen LogP) is 15.5. The Morgan fingerprint density at radius 1 is 0.382 bits per heavy atom. The molecule has 14 rings (SSSR count). The van der Waals surface area contributed by atoms with Crippen LogP contribution in [0.4, 0.5) is 17.1 Å². The van der Waals surface area contributed by atoms with E-state index in [0.717, 1.165) is 33.8 Å². The smallest absolute Gasteiger partial charge is 0.242 e. The summed E-state index contributed by atoms with van der Waals surface area (Å²) in [5.41, 5.74) is 14.6. The van der Waals surface area contributed by atoms with E-state index in [0.29, 0.717) is 0 Å². The first-order valence-electron chi connectivity index (χ1n) is 23.8. The molecule has 0 spiro atoms. The van der Waals surface area contributed by atoms with Crippen molar-refractivity contribution in [1.29, 1.82) is 0 Å². The zero-order valence-corrected chi connectivity index (χ0v) is 37.9. The Kier molecular flexibility index (Phi) is 8.46. The fraction of sp³-hybridized carbons (Fsp3) is 0.0462. The molecule has 12 aromatic rings. The van der Waals surface area contributed by atoms with Crippen LogP contribution in [0.25, 0.3) is 76.1 Å². The molecule has 1 heterocycles. The summed E-state index contributed by atoms with van der Waals surface area (Å²) in [5.74, 6) is 1.73.